The number of ether oxygens (including phenoxy) is 2. The predicted octanol–water partition coefficient (Wildman–Crippen LogP) is 4.46. The van der Waals surface area contributed by atoms with Crippen LogP contribution in [0.4, 0.5) is 0 Å². The molecule has 4 rings (SSSR count). The van der Waals surface area contributed by atoms with Crippen LogP contribution in [0.1, 0.15) is 49.3 Å². The molecule has 2 aromatic carbocycles. The van der Waals surface area contributed by atoms with E-state index in [1.54, 1.807) is 0 Å². The molecule has 2 atom stereocenters. The first-order valence-electron chi connectivity index (χ1n) is 9.91. The highest BCUT2D eigenvalue weighted by Crippen LogP contribution is 2.45. The Bertz CT molecular complexity index is 749. The van der Waals surface area contributed by atoms with Crippen LogP contribution in [-0.4, -0.2) is 29.7 Å². The fourth-order valence-corrected chi connectivity index (χ4v) is 4.34. The summed E-state index contributed by atoms with van der Waals surface area (Å²) in [6.07, 6.45) is 4.16. The largest absolute Gasteiger partial charge is 0.377 e. The maximum Gasteiger partial charge on any atom is 0.225 e. The third-order valence-corrected chi connectivity index (χ3v) is 5.64. The Morgan fingerprint density at radius 1 is 1.07 bits per heavy atom. The van der Waals surface area contributed by atoms with Crippen LogP contribution in [0.3, 0.4) is 0 Å². The van der Waals surface area contributed by atoms with Gasteiger partial charge >= 0.3 is 0 Å². The van der Waals surface area contributed by atoms with Gasteiger partial charge in [0, 0.05) is 13.0 Å². The summed E-state index contributed by atoms with van der Waals surface area (Å²) in [5, 5.41) is 0. The summed E-state index contributed by atoms with van der Waals surface area (Å²) in [5.41, 5.74) is 1.90. The van der Waals surface area contributed by atoms with Crippen molar-refractivity contribution in [1.82, 2.24) is 4.90 Å². The Morgan fingerprint density at radius 3 is 2.59 bits per heavy atom. The molecular formula is C23H27NO3. The van der Waals surface area contributed by atoms with Crippen LogP contribution >= 0.6 is 0 Å². The first kappa shape index (κ1) is 18.2. The van der Waals surface area contributed by atoms with Crippen molar-refractivity contribution in [2.75, 3.05) is 13.2 Å². The summed E-state index contributed by atoms with van der Waals surface area (Å²) in [7, 11) is 0. The van der Waals surface area contributed by atoms with Crippen molar-refractivity contribution in [3.8, 4) is 0 Å². The molecule has 2 saturated heterocycles. The molecular weight excluding hydrogens is 338 g/mol. The molecule has 0 saturated carbocycles. The van der Waals surface area contributed by atoms with Gasteiger partial charge < -0.3 is 14.4 Å². The van der Waals surface area contributed by atoms with Crippen molar-refractivity contribution in [2.24, 2.45) is 0 Å². The van der Waals surface area contributed by atoms with E-state index in [1.165, 1.54) is 5.56 Å². The van der Waals surface area contributed by atoms with Crippen molar-refractivity contribution in [3.05, 3.63) is 71.8 Å². The minimum Gasteiger partial charge on any atom is -0.377 e. The molecule has 0 aliphatic carbocycles. The zero-order valence-corrected chi connectivity index (χ0v) is 15.7. The first-order valence-corrected chi connectivity index (χ1v) is 9.91. The molecule has 0 bridgehead atoms. The molecule has 2 heterocycles. The molecule has 0 unspecified atom stereocenters. The SMILES string of the molecule is O=C1CCC[C@]2(CCCOCc3ccccc3)OC[C@@H](c3ccccc3)N12. The van der Waals surface area contributed by atoms with Gasteiger partial charge in [-0.25, -0.2) is 0 Å². The van der Waals surface area contributed by atoms with Crippen LogP contribution in [0.2, 0.25) is 0 Å². The average Bonchev–Trinajstić information content (AvgIpc) is 3.10. The van der Waals surface area contributed by atoms with Gasteiger partial charge in [-0.05, 0) is 36.8 Å². The molecule has 27 heavy (non-hydrogen) atoms. The standard InChI is InChI=1S/C23H27NO3/c25-22-13-7-14-23(15-8-16-26-17-19-9-3-1-4-10-19)24(22)21(18-27-23)20-11-5-2-6-12-20/h1-6,9-12,21H,7-8,13-18H2/t21-,23+/m0/s1. The second kappa shape index (κ2) is 8.24. The maximum atomic E-state index is 12.8. The van der Waals surface area contributed by atoms with Gasteiger partial charge in [0.2, 0.25) is 5.91 Å². The van der Waals surface area contributed by atoms with Gasteiger partial charge in [0.15, 0.2) is 0 Å². The van der Waals surface area contributed by atoms with Crippen molar-refractivity contribution >= 4 is 5.91 Å². The first-order chi connectivity index (χ1) is 13.3. The summed E-state index contributed by atoms with van der Waals surface area (Å²) >= 11 is 0. The monoisotopic (exact) mass is 365 g/mol. The van der Waals surface area contributed by atoms with Crippen LogP contribution in [-0.2, 0) is 20.9 Å². The van der Waals surface area contributed by atoms with Gasteiger partial charge in [0.05, 0.1) is 19.3 Å². The molecule has 2 aliphatic rings. The summed E-state index contributed by atoms with van der Waals surface area (Å²) in [6.45, 7) is 1.89. The van der Waals surface area contributed by atoms with Crippen LogP contribution in [0.15, 0.2) is 60.7 Å². The van der Waals surface area contributed by atoms with Crippen molar-refractivity contribution in [1.29, 1.82) is 0 Å². The molecule has 1 amide bonds. The highest BCUT2D eigenvalue weighted by atomic mass is 16.5. The zero-order valence-electron chi connectivity index (χ0n) is 15.7. The van der Waals surface area contributed by atoms with Gasteiger partial charge in [0.25, 0.3) is 0 Å². The number of hydrogen-bond donors (Lipinski definition) is 0. The van der Waals surface area contributed by atoms with E-state index in [9.17, 15) is 4.79 Å². The Labute approximate surface area is 161 Å². The van der Waals surface area contributed by atoms with Crippen LogP contribution in [0, 0.1) is 0 Å². The van der Waals surface area contributed by atoms with Gasteiger partial charge in [-0.15, -0.1) is 0 Å². The van der Waals surface area contributed by atoms with Gasteiger partial charge in [0.1, 0.15) is 5.72 Å². The number of piperidine rings is 1. The highest BCUT2D eigenvalue weighted by molar-refractivity contribution is 5.78. The lowest BCUT2D eigenvalue weighted by molar-refractivity contribution is -0.163. The lowest BCUT2D eigenvalue weighted by Crippen LogP contribution is -2.52. The molecule has 4 nitrogen and oxygen atoms in total. The molecule has 0 N–H and O–H groups in total. The summed E-state index contributed by atoms with van der Waals surface area (Å²) in [6, 6.07) is 20.5. The van der Waals surface area contributed by atoms with Crippen LogP contribution in [0.25, 0.3) is 0 Å². The molecule has 142 valence electrons. The summed E-state index contributed by atoms with van der Waals surface area (Å²) in [5.74, 6) is 0.220. The average molecular weight is 365 g/mol. The quantitative estimate of drug-likeness (QED) is 0.680. The van der Waals surface area contributed by atoms with Crippen molar-refractivity contribution in [2.45, 2.75) is 50.5 Å². The van der Waals surface area contributed by atoms with E-state index in [4.69, 9.17) is 9.47 Å². The smallest absolute Gasteiger partial charge is 0.225 e. The van der Waals surface area contributed by atoms with Crippen LogP contribution in [0.5, 0.6) is 0 Å². The van der Waals surface area contributed by atoms with Crippen molar-refractivity contribution < 1.29 is 14.3 Å². The van der Waals surface area contributed by atoms with E-state index in [0.717, 1.165) is 31.2 Å². The van der Waals surface area contributed by atoms with Gasteiger partial charge in [-0.1, -0.05) is 60.7 Å². The zero-order chi connectivity index (χ0) is 18.5. The lowest BCUT2D eigenvalue weighted by Gasteiger charge is -2.43. The Hall–Kier alpha value is -2.17. The Kier molecular flexibility index (Phi) is 5.55. The molecule has 0 radical (unpaired) electrons. The van der Waals surface area contributed by atoms with Crippen LogP contribution < -0.4 is 0 Å². The molecule has 2 fully saturated rings. The second-order valence-electron chi connectivity index (χ2n) is 7.44. The minimum atomic E-state index is -0.452. The fraction of sp³-hybridized carbons (Fsp3) is 0.435. The molecule has 0 aromatic heterocycles. The molecule has 2 aromatic rings. The summed E-state index contributed by atoms with van der Waals surface area (Å²) < 4.78 is 12.1. The third kappa shape index (κ3) is 3.92. The topological polar surface area (TPSA) is 38.8 Å². The highest BCUT2D eigenvalue weighted by Gasteiger charge is 2.51. The van der Waals surface area contributed by atoms with E-state index < -0.39 is 5.72 Å². The van der Waals surface area contributed by atoms with Gasteiger partial charge in [-0.3, -0.25) is 4.79 Å². The number of nitrogens with zero attached hydrogens (tertiary/aromatic N) is 1. The minimum absolute atomic E-state index is 0.0317. The number of hydrogen-bond acceptors (Lipinski definition) is 3. The van der Waals surface area contributed by atoms with Gasteiger partial charge in [-0.2, -0.15) is 0 Å². The van der Waals surface area contributed by atoms with E-state index in [1.807, 2.05) is 41.3 Å². The van der Waals surface area contributed by atoms with E-state index in [0.29, 0.717) is 26.2 Å². The predicted molar refractivity (Wildman–Crippen MR) is 104 cm³/mol. The number of carbonyl (C=O) groups is 1. The lowest BCUT2D eigenvalue weighted by atomic mass is 9.92. The maximum absolute atomic E-state index is 12.8. The van der Waals surface area contributed by atoms with Crippen molar-refractivity contribution in [3.63, 3.8) is 0 Å². The van der Waals surface area contributed by atoms with E-state index in [2.05, 4.69) is 24.3 Å². The number of rotatable bonds is 7. The third-order valence-electron chi connectivity index (χ3n) is 5.64. The molecule has 0 spiro atoms. The Balaban J connectivity index is 1.37. The summed E-state index contributed by atoms with van der Waals surface area (Å²) in [4.78, 5) is 14.8. The van der Waals surface area contributed by atoms with E-state index in [-0.39, 0.29) is 11.9 Å². The Morgan fingerprint density at radius 2 is 1.81 bits per heavy atom. The fourth-order valence-electron chi connectivity index (χ4n) is 4.34. The number of fused-ring (bicyclic) bond motifs is 1. The van der Waals surface area contributed by atoms with E-state index >= 15 is 0 Å². The number of carbonyl (C=O) groups excluding carboxylic acids is 1. The molecule has 2 aliphatic heterocycles. The second-order valence-corrected chi connectivity index (χ2v) is 7.44. The molecule has 4 heteroatoms. The normalized spacial score (nSPS) is 24.8. The number of amides is 1. The number of benzene rings is 2.